The van der Waals surface area contributed by atoms with Gasteiger partial charge < -0.3 is 4.74 Å². The molecule has 28 heavy (non-hydrogen) atoms. The molecule has 0 saturated carbocycles. The molecule has 138 valence electrons. The Labute approximate surface area is 167 Å². The number of aromatic amines is 1. The molecule has 0 spiro atoms. The normalized spacial score (nSPS) is 11.0. The Hall–Kier alpha value is -3.51. The number of H-pyrrole nitrogens is 1. The van der Waals surface area contributed by atoms with Gasteiger partial charge in [0.05, 0.1) is 6.21 Å². The zero-order chi connectivity index (χ0) is 19.2. The summed E-state index contributed by atoms with van der Waals surface area (Å²) in [5, 5.41) is 11.6. The second-order valence-electron chi connectivity index (χ2n) is 6.12. The highest BCUT2D eigenvalue weighted by molar-refractivity contribution is 7.71. The zero-order valence-electron chi connectivity index (χ0n) is 15.0. The number of hydrogen-bond donors (Lipinski definition) is 1. The average Bonchev–Trinajstić information content (AvgIpc) is 3.13. The lowest BCUT2D eigenvalue weighted by Crippen LogP contribution is -1.96. The molecule has 0 aliphatic heterocycles. The Balaban J connectivity index is 1.47. The van der Waals surface area contributed by atoms with Crippen molar-refractivity contribution < 1.29 is 4.74 Å². The molecule has 6 heteroatoms. The van der Waals surface area contributed by atoms with Crippen LogP contribution in [-0.2, 0) is 6.61 Å². The number of nitrogens with zero attached hydrogens (tertiary/aromatic N) is 3. The molecule has 4 aromatic rings. The van der Waals surface area contributed by atoms with Crippen LogP contribution < -0.4 is 4.74 Å². The lowest BCUT2D eigenvalue weighted by atomic mass is 10.2. The van der Waals surface area contributed by atoms with Crippen molar-refractivity contribution in [2.75, 3.05) is 0 Å². The van der Waals surface area contributed by atoms with Gasteiger partial charge in [-0.3, -0.25) is 0 Å². The van der Waals surface area contributed by atoms with E-state index in [2.05, 4.69) is 15.3 Å². The smallest absolute Gasteiger partial charge is 0.216 e. The van der Waals surface area contributed by atoms with Gasteiger partial charge in [0.2, 0.25) is 4.77 Å². The number of hydrogen-bond acceptors (Lipinski definition) is 4. The third-order valence-corrected chi connectivity index (χ3v) is 4.40. The lowest BCUT2D eigenvalue weighted by Gasteiger charge is -2.06. The molecule has 0 aliphatic rings. The third kappa shape index (κ3) is 4.24. The van der Waals surface area contributed by atoms with Crippen molar-refractivity contribution >= 4 is 18.4 Å². The fourth-order valence-corrected chi connectivity index (χ4v) is 2.87. The maximum absolute atomic E-state index is 5.81. The zero-order valence-corrected chi connectivity index (χ0v) is 15.8. The van der Waals surface area contributed by atoms with E-state index in [9.17, 15) is 0 Å². The van der Waals surface area contributed by atoms with E-state index in [-0.39, 0.29) is 0 Å². The number of nitrogens with one attached hydrogen (secondary N) is 1. The molecule has 0 unspecified atom stereocenters. The largest absolute Gasteiger partial charge is 0.489 e. The minimum atomic E-state index is 0.443. The fraction of sp³-hybridized carbons (Fsp3) is 0.0455. The molecule has 0 amide bonds. The van der Waals surface area contributed by atoms with Crippen LogP contribution in [0.25, 0.3) is 11.4 Å². The second-order valence-corrected chi connectivity index (χ2v) is 6.50. The number of ether oxygens (including phenoxy) is 1. The first-order chi connectivity index (χ1) is 13.8. The summed E-state index contributed by atoms with van der Waals surface area (Å²) in [6, 6.07) is 27.6. The van der Waals surface area contributed by atoms with Gasteiger partial charge in [-0.1, -0.05) is 60.7 Å². The molecule has 0 atom stereocenters. The van der Waals surface area contributed by atoms with Crippen LogP contribution in [0.15, 0.2) is 90.0 Å². The van der Waals surface area contributed by atoms with E-state index >= 15 is 0 Å². The van der Waals surface area contributed by atoms with Gasteiger partial charge in [-0.25, -0.2) is 5.10 Å². The maximum Gasteiger partial charge on any atom is 0.216 e. The Bertz CT molecular complexity index is 1120. The Kier molecular flexibility index (Phi) is 5.40. The van der Waals surface area contributed by atoms with Gasteiger partial charge in [0, 0.05) is 5.56 Å². The summed E-state index contributed by atoms with van der Waals surface area (Å²) in [5.74, 6) is 1.48. The van der Waals surface area contributed by atoms with Gasteiger partial charge in [0.15, 0.2) is 5.82 Å². The van der Waals surface area contributed by atoms with Crippen molar-refractivity contribution in [2.45, 2.75) is 6.61 Å². The van der Waals surface area contributed by atoms with Crippen LogP contribution >= 0.6 is 12.2 Å². The highest BCUT2D eigenvalue weighted by atomic mass is 32.1. The Morgan fingerprint density at radius 3 is 2.32 bits per heavy atom. The molecule has 5 nitrogen and oxygen atoms in total. The van der Waals surface area contributed by atoms with E-state index in [4.69, 9.17) is 17.0 Å². The van der Waals surface area contributed by atoms with E-state index in [0.717, 1.165) is 22.4 Å². The van der Waals surface area contributed by atoms with Crippen LogP contribution in [0.4, 0.5) is 0 Å². The minimum absolute atomic E-state index is 0.443. The van der Waals surface area contributed by atoms with Gasteiger partial charge in [0.1, 0.15) is 12.4 Å². The van der Waals surface area contributed by atoms with Crippen molar-refractivity contribution in [1.29, 1.82) is 0 Å². The first-order valence-corrected chi connectivity index (χ1v) is 9.24. The maximum atomic E-state index is 5.81. The summed E-state index contributed by atoms with van der Waals surface area (Å²) in [6.45, 7) is 0.541. The molecule has 1 N–H and O–H groups in total. The van der Waals surface area contributed by atoms with E-state index < -0.39 is 0 Å². The van der Waals surface area contributed by atoms with Crippen LogP contribution in [-0.4, -0.2) is 21.1 Å². The van der Waals surface area contributed by atoms with Gasteiger partial charge in [0.25, 0.3) is 0 Å². The quantitative estimate of drug-likeness (QED) is 0.372. The Morgan fingerprint density at radius 2 is 1.61 bits per heavy atom. The van der Waals surface area contributed by atoms with E-state index in [1.807, 2.05) is 84.9 Å². The molecule has 1 heterocycles. The van der Waals surface area contributed by atoms with Crippen molar-refractivity contribution in [2.24, 2.45) is 5.10 Å². The monoisotopic (exact) mass is 386 g/mol. The van der Waals surface area contributed by atoms with Gasteiger partial charge in [-0.15, -0.1) is 0 Å². The first-order valence-electron chi connectivity index (χ1n) is 8.83. The highest BCUT2D eigenvalue weighted by Crippen LogP contribution is 2.17. The summed E-state index contributed by atoms with van der Waals surface area (Å²) in [7, 11) is 0. The average molecular weight is 386 g/mol. The fourth-order valence-electron chi connectivity index (χ4n) is 2.69. The highest BCUT2D eigenvalue weighted by Gasteiger charge is 2.07. The predicted molar refractivity (Wildman–Crippen MR) is 113 cm³/mol. The van der Waals surface area contributed by atoms with Gasteiger partial charge in [-0.05, 0) is 47.6 Å². The number of benzene rings is 3. The summed E-state index contributed by atoms with van der Waals surface area (Å²) < 4.78 is 7.87. The molecule has 4 rings (SSSR count). The van der Waals surface area contributed by atoms with Gasteiger partial charge >= 0.3 is 0 Å². The van der Waals surface area contributed by atoms with Crippen molar-refractivity contribution in [3.05, 3.63) is 101 Å². The molecule has 0 bridgehead atoms. The molecule has 3 aromatic carbocycles. The lowest BCUT2D eigenvalue weighted by molar-refractivity contribution is 0.306. The first kappa shape index (κ1) is 17.9. The van der Waals surface area contributed by atoms with Gasteiger partial charge in [-0.2, -0.15) is 14.9 Å². The summed E-state index contributed by atoms with van der Waals surface area (Å²) >= 11 is 5.30. The number of rotatable bonds is 6. The molecular formula is C22H18N4OS. The molecule has 0 fully saturated rings. The summed E-state index contributed by atoms with van der Waals surface area (Å²) in [4.78, 5) is 0. The van der Waals surface area contributed by atoms with Crippen molar-refractivity contribution in [1.82, 2.24) is 14.9 Å². The topological polar surface area (TPSA) is 55.2 Å². The predicted octanol–water partition coefficient (Wildman–Crippen LogP) is 5.07. The van der Waals surface area contributed by atoms with E-state index in [0.29, 0.717) is 17.2 Å². The van der Waals surface area contributed by atoms with E-state index in [1.165, 1.54) is 0 Å². The third-order valence-electron chi connectivity index (χ3n) is 4.13. The molecule has 0 saturated heterocycles. The van der Waals surface area contributed by atoms with Crippen LogP contribution in [0.5, 0.6) is 5.75 Å². The SMILES string of the molecule is S=c1[nH]nc(-c2ccccc2)n1N=Cc1ccc(OCc2ccccc2)cc1. The van der Waals surface area contributed by atoms with Crippen LogP contribution in [0.2, 0.25) is 0 Å². The number of aromatic nitrogens is 3. The summed E-state index contributed by atoms with van der Waals surface area (Å²) in [6.07, 6.45) is 1.75. The standard InChI is InChI=1S/C22H18N4OS/c28-22-25-24-21(19-9-5-2-6-10-19)26(22)23-15-17-11-13-20(14-12-17)27-16-18-7-3-1-4-8-18/h1-15H,16H2,(H,25,28). The second kappa shape index (κ2) is 8.45. The summed E-state index contributed by atoms with van der Waals surface area (Å²) in [5.41, 5.74) is 3.02. The van der Waals surface area contributed by atoms with Crippen molar-refractivity contribution in [3.63, 3.8) is 0 Å². The molecule has 1 aromatic heterocycles. The molecule has 0 aliphatic carbocycles. The Morgan fingerprint density at radius 1 is 0.929 bits per heavy atom. The molecular weight excluding hydrogens is 368 g/mol. The minimum Gasteiger partial charge on any atom is -0.489 e. The van der Waals surface area contributed by atoms with Crippen LogP contribution in [0.3, 0.4) is 0 Å². The molecule has 0 radical (unpaired) electrons. The van der Waals surface area contributed by atoms with Crippen LogP contribution in [0, 0.1) is 4.77 Å². The van der Waals surface area contributed by atoms with Crippen molar-refractivity contribution in [3.8, 4) is 17.1 Å². The van der Waals surface area contributed by atoms with Crippen LogP contribution in [0.1, 0.15) is 11.1 Å². The van der Waals surface area contributed by atoms with E-state index in [1.54, 1.807) is 10.9 Å².